The smallest absolute Gasteiger partial charge is 0.343 e. The Morgan fingerprint density at radius 3 is 2.54 bits per heavy atom. The number of hydrogen-bond acceptors (Lipinski definition) is 5. The van der Waals surface area contributed by atoms with Gasteiger partial charge in [-0.2, -0.15) is 0 Å². The Morgan fingerprint density at radius 1 is 1.07 bits per heavy atom. The fourth-order valence-corrected chi connectivity index (χ4v) is 3.60. The second-order valence-electron chi connectivity index (χ2n) is 5.90. The van der Waals surface area contributed by atoms with Crippen molar-refractivity contribution in [2.75, 3.05) is 0 Å². The highest BCUT2D eigenvalue weighted by Gasteiger charge is 2.20. The first-order valence-electron chi connectivity index (χ1n) is 8.21. The predicted molar refractivity (Wildman–Crippen MR) is 108 cm³/mol. The van der Waals surface area contributed by atoms with Crippen molar-refractivity contribution in [3.8, 4) is 11.3 Å². The number of rotatable bonds is 5. The van der Waals surface area contributed by atoms with Gasteiger partial charge in [-0.1, -0.05) is 47.6 Å². The Kier molecular flexibility index (Phi) is 4.89. The van der Waals surface area contributed by atoms with Crippen LogP contribution >= 0.6 is 23.4 Å². The number of carbonyl (C=O) groups is 1. The van der Waals surface area contributed by atoms with Gasteiger partial charge in [0.2, 0.25) is 0 Å². The van der Waals surface area contributed by atoms with Gasteiger partial charge in [0.15, 0.2) is 10.7 Å². The molecule has 2 aromatic carbocycles. The summed E-state index contributed by atoms with van der Waals surface area (Å²) < 4.78 is 0. The van der Waals surface area contributed by atoms with Crippen LogP contribution in [0.4, 0.5) is 0 Å². The average molecular weight is 413 g/mol. The second-order valence-corrected chi connectivity index (χ2v) is 7.30. The van der Waals surface area contributed by atoms with E-state index in [0.29, 0.717) is 21.5 Å². The van der Waals surface area contributed by atoms with Crippen molar-refractivity contribution in [2.45, 2.75) is 10.9 Å². The average Bonchev–Trinajstić information content (AvgIpc) is 3.09. The number of hydrogen-bond donors (Lipinski definition) is 3. The summed E-state index contributed by atoms with van der Waals surface area (Å²) in [6.07, 6.45) is 0. The van der Waals surface area contributed by atoms with Gasteiger partial charge in [0.05, 0.1) is 22.5 Å². The van der Waals surface area contributed by atoms with Gasteiger partial charge in [0.25, 0.3) is 5.56 Å². The number of H-pyrrole nitrogens is 2. The lowest BCUT2D eigenvalue weighted by Gasteiger charge is -2.07. The summed E-state index contributed by atoms with van der Waals surface area (Å²) in [5.74, 6) is -0.180. The number of nitrogens with zero attached hydrogens (tertiary/aromatic N) is 2. The number of carboxylic acid groups (broad SMARTS) is 1. The normalized spacial score (nSPS) is 11.0. The Labute approximate surface area is 167 Å². The minimum Gasteiger partial charge on any atom is -0.477 e. The van der Waals surface area contributed by atoms with E-state index in [2.05, 4.69) is 19.9 Å². The lowest BCUT2D eigenvalue weighted by atomic mass is 10.1. The zero-order valence-electron chi connectivity index (χ0n) is 14.3. The maximum absolute atomic E-state index is 12.4. The number of para-hydroxylation sites is 2. The summed E-state index contributed by atoms with van der Waals surface area (Å²) in [4.78, 5) is 38.5. The van der Waals surface area contributed by atoms with Crippen LogP contribution in [0.25, 0.3) is 22.3 Å². The molecule has 0 amide bonds. The van der Waals surface area contributed by atoms with Crippen molar-refractivity contribution in [1.29, 1.82) is 0 Å². The van der Waals surface area contributed by atoms with Crippen LogP contribution in [0.3, 0.4) is 0 Å². The Balaban J connectivity index is 1.68. The molecule has 0 saturated carbocycles. The van der Waals surface area contributed by atoms with Crippen molar-refractivity contribution in [1.82, 2.24) is 19.9 Å². The minimum atomic E-state index is -1.34. The largest absolute Gasteiger partial charge is 0.477 e. The van der Waals surface area contributed by atoms with Crippen LogP contribution in [0.5, 0.6) is 0 Å². The third kappa shape index (κ3) is 3.64. The number of nitrogens with one attached hydrogen (secondary N) is 2. The number of fused-ring (bicyclic) bond motifs is 1. The molecule has 0 fully saturated rings. The molecule has 0 aliphatic carbocycles. The van der Waals surface area contributed by atoms with Crippen LogP contribution < -0.4 is 5.56 Å². The van der Waals surface area contributed by atoms with Crippen molar-refractivity contribution in [2.24, 2.45) is 0 Å². The number of aromatic nitrogens is 4. The molecular formula is C19H13ClN4O3S. The standard InChI is InChI=1S/C19H13ClN4O3S/c20-11-7-5-10(6-8-11)16-15(18(26)27)17(25)24-19(23-16)28-9-14-21-12-3-1-2-4-13(12)22-14/h1-8H,9H2,(H,21,22)(H,26,27)(H,23,24,25). The highest BCUT2D eigenvalue weighted by molar-refractivity contribution is 7.98. The molecule has 7 nitrogen and oxygen atoms in total. The first-order valence-corrected chi connectivity index (χ1v) is 9.57. The molecule has 0 spiro atoms. The SMILES string of the molecule is O=C(O)c1c(-c2ccc(Cl)cc2)nc(SCc2nc3ccccc3[nH]2)[nH]c1=O. The molecule has 0 radical (unpaired) electrons. The van der Waals surface area contributed by atoms with E-state index in [1.54, 1.807) is 24.3 Å². The molecular weight excluding hydrogens is 400 g/mol. The molecule has 0 unspecified atom stereocenters. The fourth-order valence-electron chi connectivity index (χ4n) is 2.75. The second kappa shape index (κ2) is 7.49. The highest BCUT2D eigenvalue weighted by atomic mass is 35.5. The first-order chi connectivity index (χ1) is 13.5. The van der Waals surface area contributed by atoms with Gasteiger partial charge in [-0.05, 0) is 24.3 Å². The van der Waals surface area contributed by atoms with Crippen LogP contribution in [-0.2, 0) is 5.75 Å². The lowest BCUT2D eigenvalue weighted by molar-refractivity contribution is 0.0695. The minimum absolute atomic E-state index is 0.0972. The molecule has 4 rings (SSSR count). The molecule has 0 atom stereocenters. The van der Waals surface area contributed by atoms with E-state index in [-0.39, 0.29) is 5.69 Å². The Morgan fingerprint density at radius 2 is 1.82 bits per heavy atom. The zero-order valence-corrected chi connectivity index (χ0v) is 15.8. The Hall–Kier alpha value is -3.10. The van der Waals surface area contributed by atoms with Crippen molar-refractivity contribution in [3.05, 3.63) is 75.3 Å². The van der Waals surface area contributed by atoms with Crippen molar-refractivity contribution < 1.29 is 9.90 Å². The van der Waals surface area contributed by atoms with Crippen LogP contribution in [0.2, 0.25) is 5.02 Å². The molecule has 9 heteroatoms. The topological polar surface area (TPSA) is 112 Å². The predicted octanol–water partition coefficient (Wildman–Crippen LogP) is 3.96. The van der Waals surface area contributed by atoms with Gasteiger partial charge in [-0.25, -0.2) is 14.8 Å². The third-order valence-corrected chi connectivity index (χ3v) is 5.15. The van der Waals surface area contributed by atoms with E-state index >= 15 is 0 Å². The summed E-state index contributed by atoms with van der Waals surface area (Å²) in [6, 6.07) is 14.1. The molecule has 3 N–H and O–H groups in total. The van der Waals surface area contributed by atoms with E-state index < -0.39 is 17.1 Å². The number of imidazole rings is 1. The van der Waals surface area contributed by atoms with Gasteiger partial charge >= 0.3 is 5.97 Å². The first kappa shape index (κ1) is 18.3. The number of aromatic amines is 2. The van der Waals surface area contributed by atoms with E-state index in [9.17, 15) is 14.7 Å². The molecule has 2 aromatic heterocycles. The molecule has 0 bridgehead atoms. The van der Waals surface area contributed by atoms with Crippen molar-refractivity contribution >= 4 is 40.4 Å². The summed E-state index contributed by atoms with van der Waals surface area (Å²) in [7, 11) is 0. The highest BCUT2D eigenvalue weighted by Crippen LogP contribution is 2.25. The quantitative estimate of drug-likeness (QED) is 0.338. The molecule has 0 aliphatic rings. The van der Waals surface area contributed by atoms with Crippen molar-refractivity contribution in [3.63, 3.8) is 0 Å². The van der Waals surface area contributed by atoms with Crippen LogP contribution in [0.1, 0.15) is 16.2 Å². The van der Waals surface area contributed by atoms with Crippen LogP contribution in [0.15, 0.2) is 58.5 Å². The Bertz CT molecular complexity index is 1200. The maximum Gasteiger partial charge on any atom is 0.343 e. The number of thioether (sulfide) groups is 1. The molecule has 2 heterocycles. The van der Waals surface area contributed by atoms with Gasteiger partial charge < -0.3 is 15.1 Å². The molecule has 28 heavy (non-hydrogen) atoms. The summed E-state index contributed by atoms with van der Waals surface area (Å²) in [5.41, 5.74) is 1.25. The summed E-state index contributed by atoms with van der Waals surface area (Å²) in [6.45, 7) is 0. The molecule has 0 saturated heterocycles. The number of aromatic carboxylic acids is 1. The van der Waals surface area contributed by atoms with Gasteiger partial charge in [-0.15, -0.1) is 0 Å². The monoisotopic (exact) mass is 412 g/mol. The fraction of sp³-hybridized carbons (Fsp3) is 0.0526. The number of benzene rings is 2. The number of halogens is 1. The summed E-state index contributed by atoms with van der Waals surface area (Å²) >= 11 is 7.15. The maximum atomic E-state index is 12.4. The van der Waals surface area contributed by atoms with Gasteiger partial charge in [0.1, 0.15) is 5.82 Å². The van der Waals surface area contributed by atoms with E-state index in [1.807, 2.05) is 24.3 Å². The van der Waals surface area contributed by atoms with Crippen LogP contribution in [0, 0.1) is 0 Å². The third-order valence-electron chi connectivity index (χ3n) is 4.01. The molecule has 140 valence electrons. The van der Waals surface area contributed by atoms with E-state index in [1.165, 1.54) is 11.8 Å². The van der Waals surface area contributed by atoms with Gasteiger partial charge in [0, 0.05) is 10.6 Å². The van der Waals surface area contributed by atoms with E-state index in [4.69, 9.17) is 11.6 Å². The molecule has 0 aliphatic heterocycles. The number of carboxylic acids is 1. The lowest BCUT2D eigenvalue weighted by Crippen LogP contribution is -2.21. The van der Waals surface area contributed by atoms with E-state index in [0.717, 1.165) is 16.9 Å². The van der Waals surface area contributed by atoms with Crippen LogP contribution in [-0.4, -0.2) is 31.0 Å². The molecule has 4 aromatic rings. The summed E-state index contributed by atoms with van der Waals surface area (Å²) in [5, 5.41) is 10.2. The zero-order chi connectivity index (χ0) is 19.7. The van der Waals surface area contributed by atoms with Gasteiger partial charge in [-0.3, -0.25) is 4.79 Å².